The molecule has 0 aliphatic heterocycles. The first-order valence-corrected chi connectivity index (χ1v) is 13.2. The van der Waals surface area contributed by atoms with Gasteiger partial charge in [0.1, 0.15) is 5.82 Å². The average molecular weight is 532 g/mol. The van der Waals surface area contributed by atoms with Crippen LogP contribution in [0.5, 0.6) is 0 Å². The molecule has 0 saturated heterocycles. The number of urea groups is 1. The number of nitrogens with zero attached hydrogens (tertiary/aromatic N) is 3. The van der Waals surface area contributed by atoms with E-state index in [2.05, 4.69) is 35.9 Å². The maximum Gasteiger partial charge on any atom is 0.312 e. The third-order valence-electron chi connectivity index (χ3n) is 6.59. The largest absolute Gasteiger partial charge is 0.352 e. The molecule has 8 heteroatoms. The molecule has 0 aliphatic carbocycles. The van der Waals surface area contributed by atoms with Crippen LogP contribution in [0.2, 0.25) is 5.02 Å². The van der Waals surface area contributed by atoms with Crippen molar-refractivity contribution in [3.8, 4) is 0 Å². The van der Waals surface area contributed by atoms with Gasteiger partial charge in [0.25, 0.3) is 5.91 Å². The molecule has 3 N–H and O–H groups in total. The number of benzene rings is 3. The lowest BCUT2D eigenvalue weighted by molar-refractivity contribution is 0.0604. The molecule has 0 saturated carbocycles. The molecule has 0 aliphatic rings. The van der Waals surface area contributed by atoms with E-state index in [0.29, 0.717) is 36.6 Å². The van der Waals surface area contributed by atoms with Crippen LogP contribution in [0.25, 0.3) is 11.0 Å². The molecular formula is C30H34ClN5O2. The van der Waals surface area contributed by atoms with Crippen molar-refractivity contribution in [1.29, 1.82) is 0 Å². The second-order valence-electron chi connectivity index (χ2n) is 9.87. The number of amides is 3. The molecule has 0 radical (unpaired) electrons. The number of halogens is 1. The summed E-state index contributed by atoms with van der Waals surface area (Å²) < 4.78 is 2.18. The number of nitrogens with two attached hydrogens (primary N) is 1. The topological polar surface area (TPSA) is 93.2 Å². The van der Waals surface area contributed by atoms with Crippen LogP contribution in [0.3, 0.4) is 0 Å². The summed E-state index contributed by atoms with van der Waals surface area (Å²) >= 11 is 6.34. The molecule has 1 heterocycles. The molecule has 3 amide bonds. The summed E-state index contributed by atoms with van der Waals surface area (Å²) in [5.41, 5.74) is 9.83. The van der Waals surface area contributed by atoms with Crippen molar-refractivity contribution < 1.29 is 9.59 Å². The molecule has 1 atom stereocenters. The Morgan fingerprint density at radius 3 is 2.42 bits per heavy atom. The summed E-state index contributed by atoms with van der Waals surface area (Å²) in [6, 6.07) is 22.6. The van der Waals surface area contributed by atoms with Gasteiger partial charge in [-0.2, -0.15) is 0 Å². The number of primary amides is 1. The van der Waals surface area contributed by atoms with Crippen LogP contribution in [0.1, 0.15) is 53.6 Å². The minimum Gasteiger partial charge on any atom is -0.352 e. The Kier molecular flexibility index (Phi) is 8.69. The number of fused-ring (bicyclic) bond motifs is 1. The number of aryl methyl sites for hydroxylation is 1. The molecule has 1 aromatic heterocycles. The second kappa shape index (κ2) is 12.1. The molecule has 0 fully saturated rings. The van der Waals surface area contributed by atoms with Crippen LogP contribution >= 0.6 is 11.6 Å². The lowest BCUT2D eigenvalue weighted by Crippen LogP contribution is -2.41. The Balaban J connectivity index is 1.81. The van der Waals surface area contributed by atoms with Crippen LogP contribution in [-0.4, -0.2) is 39.5 Å². The van der Waals surface area contributed by atoms with E-state index in [4.69, 9.17) is 22.3 Å². The van der Waals surface area contributed by atoms with Gasteiger partial charge in [0.05, 0.1) is 17.1 Å². The van der Waals surface area contributed by atoms with E-state index in [1.165, 1.54) is 0 Å². The Labute approximate surface area is 228 Å². The number of hydrogen-bond acceptors (Lipinski definition) is 3. The molecule has 0 bridgehead atoms. The summed E-state index contributed by atoms with van der Waals surface area (Å²) in [6.07, 6.45) is 0.550. The van der Waals surface area contributed by atoms with E-state index in [1.807, 2.05) is 72.5 Å². The number of carbonyl (C=O) groups is 2. The number of hydrogen-bond donors (Lipinski definition) is 2. The summed E-state index contributed by atoms with van der Waals surface area (Å²) in [6.45, 7) is 7.59. The fourth-order valence-corrected chi connectivity index (χ4v) is 4.93. The average Bonchev–Trinajstić information content (AvgIpc) is 3.22. The van der Waals surface area contributed by atoms with Gasteiger partial charge in [0.2, 0.25) is 0 Å². The Bertz CT molecular complexity index is 1400. The van der Waals surface area contributed by atoms with E-state index in [-0.39, 0.29) is 17.9 Å². The molecule has 0 spiro atoms. The van der Waals surface area contributed by atoms with Gasteiger partial charge in [0.15, 0.2) is 0 Å². The van der Waals surface area contributed by atoms with Crippen LogP contribution in [0.15, 0.2) is 72.8 Å². The zero-order valence-corrected chi connectivity index (χ0v) is 22.8. The second-order valence-corrected chi connectivity index (χ2v) is 10.3. The van der Waals surface area contributed by atoms with Gasteiger partial charge in [0, 0.05) is 30.2 Å². The smallest absolute Gasteiger partial charge is 0.312 e. The zero-order chi connectivity index (χ0) is 27.2. The van der Waals surface area contributed by atoms with Crippen molar-refractivity contribution in [1.82, 2.24) is 19.8 Å². The van der Waals surface area contributed by atoms with Crippen molar-refractivity contribution in [3.63, 3.8) is 0 Å². The normalized spacial score (nSPS) is 12.0. The molecule has 4 rings (SSSR count). The molecule has 0 unspecified atom stereocenters. The van der Waals surface area contributed by atoms with Gasteiger partial charge < -0.3 is 20.5 Å². The van der Waals surface area contributed by atoms with Crippen LogP contribution in [0, 0.1) is 12.8 Å². The Morgan fingerprint density at radius 1 is 1.05 bits per heavy atom. The third-order valence-corrected chi connectivity index (χ3v) is 6.82. The number of aromatic nitrogens is 2. The third kappa shape index (κ3) is 6.34. The van der Waals surface area contributed by atoms with Crippen LogP contribution in [0.4, 0.5) is 4.79 Å². The van der Waals surface area contributed by atoms with Gasteiger partial charge in [-0.15, -0.1) is 0 Å². The first kappa shape index (κ1) is 27.2. The Hall–Kier alpha value is -3.84. The summed E-state index contributed by atoms with van der Waals surface area (Å²) in [5, 5.41) is 3.24. The first-order valence-electron chi connectivity index (χ1n) is 12.8. The van der Waals surface area contributed by atoms with Gasteiger partial charge in [-0.1, -0.05) is 73.5 Å². The highest BCUT2D eigenvalue weighted by Gasteiger charge is 2.33. The van der Waals surface area contributed by atoms with Crippen molar-refractivity contribution in [3.05, 3.63) is 100 Å². The molecular weight excluding hydrogens is 498 g/mol. The molecule has 198 valence electrons. The Morgan fingerprint density at radius 2 is 1.76 bits per heavy atom. The maximum atomic E-state index is 14.0. The quantitative estimate of drug-likeness (QED) is 0.248. The molecule has 7 nitrogen and oxygen atoms in total. The van der Waals surface area contributed by atoms with Crippen LogP contribution < -0.4 is 11.1 Å². The number of rotatable bonds is 10. The minimum atomic E-state index is -0.580. The summed E-state index contributed by atoms with van der Waals surface area (Å²) in [4.78, 5) is 32.2. The van der Waals surface area contributed by atoms with Gasteiger partial charge in [-0.05, 0) is 55.2 Å². The highest BCUT2D eigenvalue weighted by molar-refractivity contribution is 6.31. The predicted octanol–water partition coefficient (Wildman–Crippen LogP) is 5.94. The monoisotopic (exact) mass is 531 g/mol. The van der Waals surface area contributed by atoms with E-state index in [0.717, 1.165) is 28.0 Å². The molecule has 3 aromatic carbocycles. The summed E-state index contributed by atoms with van der Waals surface area (Å²) in [7, 11) is 0. The van der Waals surface area contributed by atoms with Gasteiger partial charge in [-0.25, -0.2) is 9.78 Å². The number of nitrogens with one attached hydrogen (secondary N) is 1. The van der Waals surface area contributed by atoms with Crippen molar-refractivity contribution in [2.45, 2.75) is 39.8 Å². The predicted molar refractivity (Wildman–Crippen MR) is 152 cm³/mol. The van der Waals surface area contributed by atoms with E-state index < -0.39 is 6.03 Å². The molecule has 38 heavy (non-hydrogen) atoms. The standard InChI is InChI=1S/C30H34ClN5O2/c1-20(2)27(35(17-7-16-33-30(32)38)29(37)23-12-10-21(3)11-13-23)28-34-25-18-24(31)14-15-26(25)36(28)19-22-8-5-4-6-9-22/h4-6,8-15,18,20,27H,7,16-17,19H2,1-3H3,(H3,32,33,38)/t27-/m1/s1. The number of imidazole rings is 1. The van der Waals surface area contributed by atoms with E-state index in [1.54, 1.807) is 0 Å². The zero-order valence-electron chi connectivity index (χ0n) is 22.0. The minimum absolute atomic E-state index is 0.0512. The lowest BCUT2D eigenvalue weighted by atomic mass is 9.99. The SMILES string of the molecule is Cc1ccc(C(=O)N(CCCNC(N)=O)[C@@H](c2nc3cc(Cl)ccc3n2Cc2ccccc2)C(C)C)cc1. The number of carbonyl (C=O) groups excluding carboxylic acids is 2. The maximum absolute atomic E-state index is 14.0. The van der Waals surface area contributed by atoms with Crippen molar-refractivity contribution in [2.24, 2.45) is 11.7 Å². The van der Waals surface area contributed by atoms with Gasteiger partial charge >= 0.3 is 6.03 Å². The van der Waals surface area contributed by atoms with Crippen LogP contribution in [-0.2, 0) is 6.54 Å². The van der Waals surface area contributed by atoms with E-state index >= 15 is 0 Å². The highest BCUT2D eigenvalue weighted by Crippen LogP contribution is 2.33. The molecule has 4 aromatic rings. The fourth-order valence-electron chi connectivity index (χ4n) is 4.77. The van der Waals surface area contributed by atoms with Gasteiger partial charge in [-0.3, -0.25) is 4.79 Å². The fraction of sp³-hybridized carbons (Fsp3) is 0.300. The summed E-state index contributed by atoms with van der Waals surface area (Å²) in [5.74, 6) is 0.763. The van der Waals surface area contributed by atoms with Crippen molar-refractivity contribution in [2.75, 3.05) is 13.1 Å². The van der Waals surface area contributed by atoms with Crippen molar-refractivity contribution >= 4 is 34.6 Å². The lowest BCUT2D eigenvalue weighted by Gasteiger charge is -2.35. The van der Waals surface area contributed by atoms with E-state index in [9.17, 15) is 9.59 Å². The highest BCUT2D eigenvalue weighted by atomic mass is 35.5. The first-order chi connectivity index (χ1) is 18.2.